The molecule has 4 heteroatoms. The third kappa shape index (κ3) is 3.02. The van der Waals surface area contributed by atoms with Gasteiger partial charge in [0.15, 0.2) is 0 Å². The maximum Gasteiger partial charge on any atom is 0.351 e. The average Bonchev–Trinajstić information content (AvgIpc) is 2.81. The van der Waals surface area contributed by atoms with Gasteiger partial charge in [-0.3, -0.25) is 4.89 Å². The monoisotopic (exact) mass is 278 g/mol. The van der Waals surface area contributed by atoms with Gasteiger partial charge in [0.2, 0.25) is 0 Å². The Kier molecular flexibility index (Phi) is 4.78. The third-order valence-electron chi connectivity index (χ3n) is 3.69. The van der Waals surface area contributed by atoms with Gasteiger partial charge in [-0.25, -0.2) is 4.79 Å². The number of ether oxygens (including phenoxy) is 1. The number of carbonyl (C=O) groups excluding carboxylic acids is 1. The number of benzene rings is 1. The molecule has 0 bridgehead atoms. The minimum atomic E-state index is -0.651. The Morgan fingerprint density at radius 3 is 2.65 bits per heavy atom. The standard InChI is InChI=1S/C16H22O4/c1-4-18-11-16(15(17)20-19-5-2)9-13-7-6-12(3)8-14(13)10-16/h6-8H,4-5,9-11H2,1-3H3. The first-order valence-electron chi connectivity index (χ1n) is 7.11. The Morgan fingerprint density at radius 1 is 1.20 bits per heavy atom. The van der Waals surface area contributed by atoms with Gasteiger partial charge in [-0.2, -0.15) is 4.89 Å². The summed E-state index contributed by atoms with van der Waals surface area (Å²) < 4.78 is 5.53. The van der Waals surface area contributed by atoms with Crippen molar-refractivity contribution in [3.63, 3.8) is 0 Å². The van der Waals surface area contributed by atoms with Gasteiger partial charge < -0.3 is 4.74 Å². The molecule has 1 aliphatic rings. The van der Waals surface area contributed by atoms with Crippen LogP contribution >= 0.6 is 0 Å². The number of hydrogen-bond acceptors (Lipinski definition) is 4. The molecule has 0 amide bonds. The summed E-state index contributed by atoms with van der Waals surface area (Å²) in [7, 11) is 0. The summed E-state index contributed by atoms with van der Waals surface area (Å²) in [6.45, 7) is 7.06. The number of carbonyl (C=O) groups is 1. The number of aryl methyl sites for hydroxylation is 1. The molecule has 0 N–H and O–H groups in total. The highest BCUT2D eigenvalue weighted by molar-refractivity contribution is 5.79. The lowest BCUT2D eigenvalue weighted by molar-refractivity contribution is -0.280. The van der Waals surface area contributed by atoms with Crippen molar-refractivity contribution in [3.8, 4) is 0 Å². The van der Waals surface area contributed by atoms with Crippen molar-refractivity contribution in [1.82, 2.24) is 0 Å². The minimum absolute atomic E-state index is 0.332. The maximum absolute atomic E-state index is 12.4. The minimum Gasteiger partial charge on any atom is -0.381 e. The molecular weight excluding hydrogens is 256 g/mol. The summed E-state index contributed by atoms with van der Waals surface area (Å²) in [5.41, 5.74) is 2.96. The van der Waals surface area contributed by atoms with Crippen molar-refractivity contribution < 1.29 is 19.3 Å². The summed E-state index contributed by atoms with van der Waals surface area (Å²) >= 11 is 0. The van der Waals surface area contributed by atoms with Crippen molar-refractivity contribution in [2.24, 2.45) is 5.41 Å². The van der Waals surface area contributed by atoms with Crippen LogP contribution in [0.5, 0.6) is 0 Å². The van der Waals surface area contributed by atoms with E-state index in [1.165, 1.54) is 16.7 Å². The molecule has 0 saturated heterocycles. The molecule has 0 saturated carbocycles. The summed E-state index contributed by atoms with van der Waals surface area (Å²) in [6, 6.07) is 6.30. The van der Waals surface area contributed by atoms with Crippen molar-refractivity contribution in [3.05, 3.63) is 34.9 Å². The van der Waals surface area contributed by atoms with Gasteiger partial charge in [0.1, 0.15) is 5.41 Å². The Labute approximate surface area is 120 Å². The van der Waals surface area contributed by atoms with Crippen LogP contribution < -0.4 is 0 Å². The lowest BCUT2D eigenvalue weighted by Crippen LogP contribution is -2.38. The van der Waals surface area contributed by atoms with Crippen molar-refractivity contribution >= 4 is 5.97 Å². The Bertz CT molecular complexity index is 483. The van der Waals surface area contributed by atoms with Gasteiger partial charge in [-0.1, -0.05) is 23.8 Å². The number of fused-ring (bicyclic) bond motifs is 1. The highest BCUT2D eigenvalue weighted by Crippen LogP contribution is 2.39. The topological polar surface area (TPSA) is 44.8 Å². The van der Waals surface area contributed by atoms with E-state index in [9.17, 15) is 4.79 Å². The van der Waals surface area contributed by atoms with Crippen molar-refractivity contribution in [2.45, 2.75) is 33.6 Å². The fourth-order valence-electron chi connectivity index (χ4n) is 2.69. The van der Waals surface area contributed by atoms with Crippen LogP contribution in [-0.4, -0.2) is 25.8 Å². The first kappa shape index (κ1) is 15.0. The zero-order chi connectivity index (χ0) is 14.6. The number of hydrogen-bond donors (Lipinski definition) is 0. The van der Waals surface area contributed by atoms with Crippen LogP contribution in [0.15, 0.2) is 18.2 Å². The summed E-state index contributed by atoms with van der Waals surface area (Å²) in [6.07, 6.45) is 1.30. The summed E-state index contributed by atoms with van der Waals surface area (Å²) in [5, 5.41) is 0. The van der Waals surface area contributed by atoms with Crippen LogP contribution in [-0.2, 0) is 32.1 Å². The Morgan fingerprint density at radius 2 is 1.95 bits per heavy atom. The molecule has 0 fully saturated rings. The SMILES string of the molecule is CCOCC1(C(=O)OOCC)Cc2ccc(C)cc2C1. The highest BCUT2D eigenvalue weighted by Gasteiger charge is 2.46. The molecule has 2 rings (SSSR count). The van der Waals surface area contributed by atoms with Gasteiger partial charge in [-0.05, 0) is 44.7 Å². The molecule has 0 aromatic heterocycles. The molecule has 1 unspecified atom stereocenters. The molecular formula is C16H22O4. The van der Waals surface area contributed by atoms with Gasteiger partial charge >= 0.3 is 5.97 Å². The predicted molar refractivity (Wildman–Crippen MR) is 75.2 cm³/mol. The van der Waals surface area contributed by atoms with E-state index in [2.05, 4.69) is 25.1 Å². The lowest BCUT2D eigenvalue weighted by Gasteiger charge is -2.25. The molecule has 4 nitrogen and oxygen atoms in total. The van der Waals surface area contributed by atoms with E-state index in [4.69, 9.17) is 14.5 Å². The van der Waals surface area contributed by atoms with E-state index < -0.39 is 5.41 Å². The second-order valence-electron chi connectivity index (χ2n) is 5.32. The van der Waals surface area contributed by atoms with Crippen LogP contribution in [0.25, 0.3) is 0 Å². The van der Waals surface area contributed by atoms with E-state index in [-0.39, 0.29) is 5.97 Å². The van der Waals surface area contributed by atoms with E-state index in [0.29, 0.717) is 32.7 Å². The summed E-state index contributed by atoms with van der Waals surface area (Å²) in [4.78, 5) is 22.1. The Hall–Kier alpha value is -1.39. The zero-order valence-corrected chi connectivity index (χ0v) is 12.4. The van der Waals surface area contributed by atoms with E-state index in [0.717, 1.165) is 0 Å². The van der Waals surface area contributed by atoms with Crippen LogP contribution in [0.1, 0.15) is 30.5 Å². The molecule has 1 aromatic rings. The largest absolute Gasteiger partial charge is 0.381 e. The van der Waals surface area contributed by atoms with Crippen molar-refractivity contribution in [1.29, 1.82) is 0 Å². The second kappa shape index (κ2) is 6.37. The van der Waals surface area contributed by atoms with Gasteiger partial charge in [0.05, 0.1) is 13.2 Å². The molecule has 0 aliphatic heterocycles. The molecule has 20 heavy (non-hydrogen) atoms. The zero-order valence-electron chi connectivity index (χ0n) is 12.4. The fraction of sp³-hybridized carbons (Fsp3) is 0.562. The molecule has 1 aromatic carbocycles. The van der Waals surface area contributed by atoms with Crippen LogP contribution in [0, 0.1) is 12.3 Å². The third-order valence-corrected chi connectivity index (χ3v) is 3.69. The Balaban J connectivity index is 2.20. The first-order valence-corrected chi connectivity index (χ1v) is 7.11. The second-order valence-corrected chi connectivity index (χ2v) is 5.32. The maximum atomic E-state index is 12.4. The number of rotatable bonds is 6. The quantitative estimate of drug-likeness (QED) is 0.592. The van der Waals surface area contributed by atoms with Crippen LogP contribution in [0.4, 0.5) is 0 Å². The first-order chi connectivity index (χ1) is 9.61. The molecule has 0 spiro atoms. The molecule has 0 radical (unpaired) electrons. The van der Waals surface area contributed by atoms with Crippen LogP contribution in [0.3, 0.4) is 0 Å². The molecule has 0 heterocycles. The predicted octanol–water partition coefficient (Wildman–Crippen LogP) is 2.61. The van der Waals surface area contributed by atoms with Gasteiger partial charge in [0, 0.05) is 6.61 Å². The molecule has 1 atom stereocenters. The summed E-state index contributed by atoms with van der Waals surface area (Å²) in [5.74, 6) is -0.332. The lowest BCUT2D eigenvalue weighted by atomic mass is 9.86. The van der Waals surface area contributed by atoms with E-state index in [1.807, 2.05) is 6.92 Å². The highest BCUT2D eigenvalue weighted by atomic mass is 17.2. The van der Waals surface area contributed by atoms with E-state index in [1.54, 1.807) is 6.92 Å². The smallest absolute Gasteiger partial charge is 0.351 e. The molecule has 110 valence electrons. The fourth-order valence-corrected chi connectivity index (χ4v) is 2.69. The van der Waals surface area contributed by atoms with Gasteiger partial charge in [0.25, 0.3) is 0 Å². The van der Waals surface area contributed by atoms with Crippen LogP contribution in [0.2, 0.25) is 0 Å². The molecule has 1 aliphatic carbocycles. The van der Waals surface area contributed by atoms with Crippen molar-refractivity contribution in [2.75, 3.05) is 19.8 Å². The normalized spacial score (nSPS) is 20.8. The van der Waals surface area contributed by atoms with E-state index >= 15 is 0 Å². The van der Waals surface area contributed by atoms with Gasteiger partial charge in [-0.15, -0.1) is 0 Å². The average molecular weight is 278 g/mol.